The van der Waals surface area contributed by atoms with Crippen LogP contribution in [-0.2, 0) is 86.8 Å². The van der Waals surface area contributed by atoms with Crippen molar-refractivity contribution in [3.63, 3.8) is 0 Å². The van der Waals surface area contributed by atoms with Crippen LogP contribution in [0.15, 0.2) is 13.3 Å². The number of carbonyl (C=O) groups excluding carboxylic acids is 5. The van der Waals surface area contributed by atoms with Gasteiger partial charge in [-0.15, -0.1) is 34.9 Å². The number of hydrogen-bond donors (Lipinski definition) is 4. The van der Waals surface area contributed by atoms with Crippen molar-refractivity contribution in [2.45, 2.75) is 388 Å². The van der Waals surface area contributed by atoms with Crippen molar-refractivity contribution in [2.24, 2.45) is 5.73 Å². The monoisotopic (exact) mass is 1880 g/mol. The Balaban J connectivity index is 0.000000292. The van der Waals surface area contributed by atoms with Gasteiger partial charge >= 0.3 is 40.4 Å². The highest BCUT2D eigenvalue weighted by Crippen LogP contribution is 2.43. The van der Waals surface area contributed by atoms with Gasteiger partial charge in [0.05, 0.1) is 108 Å². The SMILES string of the molecule is CC(C)(C)OC(=O)CCC(Cc1nnc([C@@H]2CC[C@@H]3CN2C(=O)N3OS(=O)(=O)[O-])o1)O[Si](C)(C)C(C)(C)C.CC(C)(C)OC(=O)CCC(O)Cc1nnc([C@@H]2CC[C@@H]3CN2C(=O)N3OS(=O)(=O)[O-])o1.CCCC[N+](CCCC)(CCCC)CCCC.CCCC[N+](CCCC)(CCCC)CCCC.NCC(O)Cc1nnc([C@@H]2CC[C@@H]3CN2C(=O)N3OS(=O)(=O)O)o1. The van der Waals surface area contributed by atoms with E-state index in [2.05, 4.69) is 133 Å². The van der Waals surface area contributed by atoms with Crippen molar-refractivity contribution >= 4 is 69.5 Å². The molecule has 9 heterocycles. The average Bonchev–Trinajstić information content (AvgIpc) is 1.63. The lowest BCUT2D eigenvalue weighted by atomic mass is 10.0. The number of quaternary nitrogens is 2. The van der Waals surface area contributed by atoms with E-state index in [1.807, 2.05) is 20.8 Å². The molecule has 6 bridgehead atoms. The van der Waals surface area contributed by atoms with Crippen LogP contribution in [0.3, 0.4) is 0 Å². The number of aromatic nitrogens is 6. The maximum atomic E-state index is 12.7. The van der Waals surface area contributed by atoms with Gasteiger partial charge in [0.15, 0.2) is 8.32 Å². The number of hydrogen-bond acceptors (Lipinski definition) is 31. The van der Waals surface area contributed by atoms with Crippen LogP contribution in [0.2, 0.25) is 18.1 Å². The first-order valence-corrected chi connectivity index (χ1v) is 52.9. The Hall–Kier alpha value is -6.24. The third-order valence-corrected chi connectivity index (χ3v) is 29.2. The molecule has 0 aromatic carbocycles. The standard InChI is InChI=1S/C23H40N4O9SSi.C17H26N4O9S.2C16H36N.C11H17N5O7S/c1-22(2,3)34-19(28)12-10-16(35-38(7,8)23(4,5)6)13-18-24-25-20(33-18)17-11-9-15-14-26(17)21(29)27(15)36-37(30,31)32;1-17(2,3)29-14(23)7-5-11(22)8-13-18-19-15(28-13)12-6-4-10-9-20(12)16(24)21(10)30-31(25,26)27;2*1-5-9-13-17(14-10-6-2,15-11-7-3)16-12-8-4;12-4-7(17)3-9-13-14-10(22-9)8-2-1-6-5-15(8)11(18)16(6)23-24(19,20)21/h15-17H,9-14H2,1-8H3,(H,30,31,32);10-12,22H,4-9H2,1-3H3,(H,25,26,27);2*5-16H2,1-4H3;6-8,17H,1-5,12H2,(H,19,20,21)/q;;2*+1;/p-2/t15-,16?,17+;10-,11?,12+;;;6-,7?,8+/m11..1/s1. The Morgan fingerprint density at radius 2 is 0.748 bits per heavy atom. The minimum Gasteiger partial charge on any atom is -0.724 e. The minimum absolute atomic E-state index is 0.0166. The molecular formula is C83H153N15O25S3Si. The first-order chi connectivity index (χ1) is 59.3. The van der Waals surface area contributed by atoms with E-state index in [1.54, 1.807) is 20.8 Å². The summed E-state index contributed by atoms with van der Waals surface area (Å²) in [5, 5.41) is 45.3. The fraction of sp³-hybridized carbons (Fsp3) is 0.867. The number of nitrogens with two attached hydrogens (primary N) is 1. The van der Waals surface area contributed by atoms with Crippen LogP contribution in [0.25, 0.3) is 0 Å². The van der Waals surface area contributed by atoms with E-state index < -0.39 is 123 Å². The summed E-state index contributed by atoms with van der Waals surface area (Å²) in [7, 11) is -17.1. The van der Waals surface area contributed by atoms with Gasteiger partial charge in [0.2, 0.25) is 56.1 Å². The number of aliphatic hydroxyl groups excluding tert-OH is 2. The topological polar surface area (TPSA) is 512 Å². The van der Waals surface area contributed by atoms with Crippen LogP contribution in [0, 0.1) is 0 Å². The smallest absolute Gasteiger partial charge is 0.418 e. The zero-order chi connectivity index (χ0) is 95.1. The molecule has 0 spiro atoms. The van der Waals surface area contributed by atoms with Crippen LogP contribution >= 0.6 is 0 Å². The Morgan fingerprint density at radius 3 is 1.02 bits per heavy atom. The summed E-state index contributed by atoms with van der Waals surface area (Å²) < 4.78 is 146. The van der Waals surface area contributed by atoms with E-state index in [4.69, 9.17) is 37.4 Å². The molecule has 3 unspecified atom stereocenters. The summed E-state index contributed by atoms with van der Waals surface area (Å²) in [5.74, 6) is 0.424. The Morgan fingerprint density at radius 1 is 0.465 bits per heavy atom. The molecule has 0 aliphatic carbocycles. The van der Waals surface area contributed by atoms with E-state index in [0.29, 0.717) is 66.0 Å². The molecule has 9 rings (SSSR count). The van der Waals surface area contributed by atoms with E-state index in [-0.39, 0.29) is 111 Å². The summed E-state index contributed by atoms with van der Waals surface area (Å²) >= 11 is 0. The number of esters is 2. The predicted molar refractivity (Wildman–Crippen MR) is 469 cm³/mol. The summed E-state index contributed by atoms with van der Waals surface area (Å²) in [6, 6.07) is -5.54. The number of nitrogens with zero attached hydrogens (tertiary/aromatic N) is 14. The van der Waals surface area contributed by atoms with Gasteiger partial charge in [-0.1, -0.05) is 128 Å². The number of amides is 6. The molecule has 6 amide bonds. The number of piperidine rings is 3. The molecule has 0 radical (unpaired) electrons. The van der Waals surface area contributed by atoms with Gasteiger partial charge in [-0.3, -0.25) is 14.1 Å². The maximum absolute atomic E-state index is 12.7. The van der Waals surface area contributed by atoms with Crippen molar-refractivity contribution in [3.8, 4) is 0 Å². The number of aliphatic hydroxyl groups is 2. The van der Waals surface area contributed by atoms with Crippen molar-refractivity contribution in [1.29, 1.82) is 0 Å². The van der Waals surface area contributed by atoms with Crippen LogP contribution in [0.1, 0.15) is 338 Å². The first-order valence-electron chi connectivity index (χ1n) is 46.0. The second-order valence-corrected chi connectivity index (χ2v) is 45.5. The van der Waals surface area contributed by atoms with Crippen molar-refractivity contribution in [2.75, 3.05) is 78.5 Å². The van der Waals surface area contributed by atoms with E-state index in [0.717, 1.165) is 0 Å². The summed E-state index contributed by atoms with van der Waals surface area (Å²) in [6.45, 7) is 52.0. The lowest BCUT2D eigenvalue weighted by Crippen LogP contribution is -2.50. The number of ether oxygens (including phenoxy) is 2. The molecule has 5 N–H and O–H groups in total. The third-order valence-electron chi connectivity index (χ3n) is 23.6. The summed E-state index contributed by atoms with van der Waals surface area (Å²) in [5.41, 5.74) is 4.13. The van der Waals surface area contributed by atoms with Gasteiger partial charge in [-0.2, -0.15) is 32.2 Å². The Labute approximate surface area is 755 Å². The molecule has 732 valence electrons. The molecule has 9 atom stereocenters. The van der Waals surface area contributed by atoms with Crippen molar-refractivity contribution in [1.82, 2.24) is 60.5 Å². The van der Waals surface area contributed by atoms with Gasteiger partial charge in [-0.25, -0.2) is 31.2 Å². The number of fused-ring (bicyclic) bond motifs is 6. The molecule has 0 saturated carbocycles. The average molecular weight is 1890 g/mol. The second-order valence-electron chi connectivity index (χ2n) is 37.8. The Bertz CT molecular complexity index is 4070. The quantitative estimate of drug-likeness (QED) is 0.0134. The normalized spacial score (nSPS) is 20.0. The fourth-order valence-corrected chi connectivity index (χ4v) is 18.5. The van der Waals surface area contributed by atoms with Gasteiger partial charge < -0.3 is 75.9 Å². The van der Waals surface area contributed by atoms with Crippen molar-refractivity contribution < 1.29 is 122 Å². The molecule has 6 aliphatic rings. The van der Waals surface area contributed by atoms with Crippen LogP contribution in [0.4, 0.5) is 14.4 Å². The molecule has 127 heavy (non-hydrogen) atoms. The first kappa shape index (κ1) is 111. The third kappa shape index (κ3) is 37.4. The zero-order valence-corrected chi connectivity index (χ0v) is 82.5. The van der Waals surface area contributed by atoms with Gasteiger partial charge in [0, 0.05) is 39.0 Å². The van der Waals surface area contributed by atoms with Gasteiger partial charge in [0.25, 0.3) is 0 Å². The number of unbranched alkanes of at least 4 members (excludes halogenated alkanes) is 8. The van der Waals surface area contributed by atoms with E-state index in [1.165, 1.54) is 179 Å². The highest BCUT2D eigenvalue weighted by Gasteiger charge is 2.52. The molecule has 44 heteroatoms. The van der Waals surface area contributed by atoms with E-state index >= 15 is 0 Å². The van der Waals surface area contributed by atoms with Crippen LogP contribution in [0.5, 0.6) is 0 Å². The molecule has 3 aromatic heterocycles. The highest BCUT2D eigenvalue weighted by molar-refractivity contribution is 7.81. The lowest BCUT2D eigenvalue weighted by molar-refractivity contribution is -0.929. The number of urea groups is 3. The van der Waals surface area contributed by atoms with Gasteiger partial charge in [0.1, 0.15) is 29.3 Å². The predicted octanol–water partition coefficient (Wildman–Crippen LogP) is 12.5. The summed E-state index contributed by atoms with van der Waals surface area (Å²) in [4.78, 5) is 65.6. The molecule has 6 fully saturated rings. The molecule has 6 aliphatic heterocycles. The van der Waals surface area contributed by atoms with Crippen LogP contribution in [-0.4, -0.2) is 283 Å². The minimum atomic E-state index is -5.08. The van der Waals surface area contributed by atoms with Crippen molar-refractivity contribution in [3.05, 3.63) is 35.3 Å². The number of hydroxylamine groups is 6. The lowest BCUT2D eigenvalue weighted by Gasteiger charge is -2.39. The molecule has 6 saturated heterocycles. The number of carbonyl (C=O) groups is 5. The molecule has 40 nitrogen and oxygen atoms in total. The van der Waals surface area contributed by atoms with E-state index in [9.17, 15) is 68.5 Å². The summed E-state index contributed by atoms with van der Waals surface area (Å²) in [6.07, 6.45) is 23.7. The zero-order valence-electron chi connectivity index (χ0n) is 79.1. The van der Waals surface area contributed by atoms with Crippen LogP contribution < -0.4 is 5.73 Å². The molecular weight excluding hydrogens is 1730 g/mol. The largest absolute Gasteiger partial charge is 0.724 e. The molecule has 3 aromatic rings. The maximum Gasteiger partial charge on any atom is 0.418 e. The highest BCUT2D eigenvalue weighted by atomic mass is 32.3. The number of rotatable bonds is 48. The van der Waals surface area contributed by atoms with Gasteiger partial charge in [-0.05, 0) is 162 Å². The second kappa shape index (κ2) is 51.1. The Kier molecular flexibility index (Phi) is 44.8. The fourth-order valence-electron chi connectivity index (χ4n) is 15.9.